The number of benzene rings is 2. The number of halogens is 3. The van der Waals surface area contributed by atoms with Gasteiger partial charge in [-0.05, 0) is 23.3 Å². The molecule has 2 atom stereocenters. The highest BCUT2D eigenvalue weighted by Gasteiger charge is 2.37. The van der Waals surface area contributed by atoms with Gasteiger partial charge in [0, 0.05) is 24.4 Å². The van der Waals surface area contributed by atoms with Crippen LogP contribution in [0.15, 0.2) is 48.5 Å². The Bertz CT molecular complexity index is 994. The number of nitrogens with zero attached hydrogens (tertiary/aromatic N) is 1. The number of nitrogens with two attached hydrogens (primary N) is 1. The van der Waals surface area contributed by atoms with Gasteiger partial charge in [0.1, 0.15) is 6.04 Å². The van der Waals surface area contributed by atoms with E-state index in [1.807, 2.05) is 0 Å². The van der Waals surface area contributed by atoms with E-state index in [4.69, 9.17) is 5.73 Å². The minimum absolute atomic E-state index is 0.000673. The van der Waals surface area contributed by atoms with Crippen molar-refractivity contribution in [2.45, 2.75) is 24.7 Å². The molecule has 2 aromatic carbocycles. The highest BCUT2D eigenvalue weighted by atomic mass is 19.4. The molecule has 5 nitrogen and oxygen atoms in total. The SMILES string of the molecule is NC(=O)[C@@H]1C[C@H](O)CN1C(=O)C#Cc1ccc(-c2ccccc2)c(C(F)(F)F)c1. The van der Waals surface area contributed by atoms with Crippen LogP contribution in [0, 0.1) is 11.8 Å². The molecular weight excluding hydrogens is 385 g/mol. The zero-order valence-corrected chi connectivity index (χ0v) is 15.1. The fourth-order valence-corrected chi connectivity index (χ4v) is 3.23. The number of hydrogen-bond donors (Lipinski definition) is 2. The van der Waals surface area contributed by atoms with Gasteiger partial charge in [-0.2, -0.15) is 13.2 Å². The molecule has 1 saturated heterocycles. The Balaban J connectivity index is 1.91. The van der Waals surface area contributed by atoms with Gasteiger partial charge in [-0.1, -0.05) is 42.3 Å². The summed E-state index contributed by atoms with van der Waals surface area (Å²) in [5.74, 6) is 3.09. The lowest BCUT2D eigenvalue weighted by atomic mass is 9.97. The van der Waals surface area contributed by atoms with Gasteiger partial charge in [0.2, 0.25) is 5.91 Å². The van der Waals surface area contributed by atoms with Crippen LogP contribution in [0.1, 0.15) is 17.5 Å². The number of aliphatic hydroxyl groups excluding tert-OH is 1. The van der Waals surface area contributed by atoms with Crippen molar-refractivity contribution in [2.75, 3.05) is 6.54 Å². The highest BCUT2D eigenvalue weighted by Crippen LogP contribution is 2.37. The molecule has 0 spiro atoms. The summed E-state index contributed by atoms with van der Waals surface area (Å²) < 4.78 is 40.6. The maximum atomic E-state index is 13.5. The third-order valence-electron chi connectivity index (χ3n) is 4.59. The van der Waals surface area contributed by atoms with Crippen LogP contribution in [-0.4, -0.2) is 40.5 Å². The molecule has 150 valence electrons. The molecule has 1 aliphatic rings. The molecule has 1 fully saturated rings. The first-order chi connectivity index (χ1) is 13.7. The monoisotopic (exact) mass is 402 g/mol. The van der Waals surface area contributed by atoms with Crippen molar-refractivity contribution >= 4 is 11.8 Å². The van der Waals surface area contributed by atoms with Crippen LogP contribution < -0.4 is 5.73 Å². The van der Waals surface area contributed by atoms with Crippen molar-refractivity contribution in [1.82, 2.24) is 4.90 Å². The number of rotatable bonds is 2. The quantitative estimate of drug-likeness (QED) is 0.756. The third-order valence-corrected chi connectivity index (χ3v) is 4.59. The predicted octanol–water partition coefficient (Wildman–Crippen LogP) is 2.17. The Morgan fingerprint density at radius 2 is 1.83 bits per heavy atom. The Morgan fingerprint density at radius 1 is 1.14 bits per heavy atom. The number of aliphatic hydroxyl groups is 1. The molecule has 0 saturated carbocycles. The number of carbonyl (C=O) groups excluding carboxylic acids is 2. The largest absolute Gasteiger partial charge is 0.417 e. The molecule has 0 bridgehead atoms. The summed E-state index contributed by atoms with van der Waals surface area (Å²) in [6.45, 7) is -0.109. The second-order valence-corrected chi connectivity index (χ2v) is 6.64. The first-order valence-electron chi connectivity index (χ1n) is 8.73. The van der Waals surface area contributed by atoms with E-state index in [-0.39, 0.29) is 24.1 Å². The molecule has 3 rings (SSSR count). The predicted molar refractivity (Wildman–Crippen MR) is 99.1 cm³/mol. The van der Waals surface area contributed by atoms with Crippen LogP contribution in [0.5, 0.6) is 0 Å². The smallest absolute Gasteiger partial charge is 0.391 e. The molecule has 29 heavy (non-hydrogen) atoms. The van der Waals surface area contributed by atoms with E-state index in [2.05, 4.69) is 11.8 Å². The normalized spacial score (nSPS) is 18.8. The fourth-order valence-electron chi connectivity index (χ4n) is 3.23. The fraction of sp³-hybridized carbons (Fsp3) is 0.238. The van der Waals surface area contributed by atoms with Crippen LogP contribution >= 0.6 is 0 Å². The lowest BCUT2D eigenvalue weighted by molar-refractivity contribution is -0.137. The van der Waals surface area contributed by atoms with Gasteiger partial charge in [0.25, 0.3) is 5.91 Å². The molecule has 0 radical (unpaired) electrons. The van der Waals surface area contributed by atoms with E-state index in [1.165, 1.54) is 12.1 Å². The standard InChI is InChI=1S/C21H17F3N2O3/c22-21(23,24)17-10-13(6-8-16(17)14-4-2-1-3-5-14)7-9-19(28)26-12-15(27)11-18(26)20(25)29/h1-6,8,10,15,18,27H,11-12H2,(H2,25,29)/t15-,18-/m0/s1. The van der Waals surface area contributed by atoms with E-state index in [0.29, 0.717) is 5.56 Å². The Labute approximate surface area is 164 Å². The van der Waals surface area contributed by atoms with Gasteiger partial charge in [0.05, 0.1) is 11.7 Å². The molecule has 3 N–H and O–H groups in total. The van der Waals surface area contributed by atoms with E-state index < -0.39 is 35.7 Å². The van der Waals surface area contributed by atoms with Crippen molar-refractivity contribution < 1.29 is 27.9 Å². The number of carbonyl (C=O) groups is 2. The van der Waals surface area contributed by atoms with Crippen molar-refractivity contribution in [3.05, 3.63) is 59.7 Å². The van der Waals surface area contributed by atoms with Gasteiger partial charge in [-0.25, -0.2) is 0 Å². The lowest BCUT2D eigenvalue weighted by Crippen LogP contribution is -2.43. The molecule has 8 heteroatoms. The van der Waals surface area contributed by atoms with Crippen molar-refractivity contribution in [3.63, 3.8) is 0 Å². The molecule has 1 heterocycles. The molecule has 0 aliphatic carbocycles. The number of β-amino-alcohol motifs (C(OH)–C–C–N with tert-alkyl or cyclic N) is 1. The summed E-state index contributed by atoms with van der Waals surface area (Å²) in [4.78, 5) is 24.7. The molecular formula is C21H17F3N2O3. The second kappa shape index (κ2) is 7.97. The second-order valence-electron chi connectivity index (χ2n) is 6.64. The number of hydrogen-bond acceptors (Lipinski definition) is 3. The lowest BCUT2D eigenvalue weighted by Gasteiger charge is -2.18. The average Bonchev–Trinajstić information content (AvgIpc) is 3.08. The van der Waals surface area contributed by atoms with Crippen LogP contribution in [-0.2, 0) is 15.8 Å². The number of amides is 2. The van der Waals surface area contributed by atoms with E-state index >= 15 is 0 Å². The van der Waals surface area contributed by atoms with Crippen molar-refractivity contribution in [2.24, 2.45) is 5.73 Å². The number of alkyl halides is 3. The van der Waals surface area contributed by atoms with Gasteiger partial charge >= 0.3 is 6.18 Å². The highest BCUT2D eigenvalue weighted by molar-refractivity contribution is 5.97. The van der Waals surface area contributed by atoms with Crippen molar-refractivity contribution in [1.29, 1.82) is 0 Å². The summed E-state index contributed by atoms with van der Waals surface area (Å²) in [5, 5.41) is 9.64. The molecule has 0 aromatic heterocycles. The van der Waals surface area contributed by atoms with Gasteiger partial charge < -0.3 is 15.7 Å². The maximum Gasteiger partial charge on any atom is 0.417 e. The minimum Gasteiger partial charge on any atom is -0.391 e. The van der Waals surface area contributed by atoms with Gasteiger partial charge in [0.15, 0.2) is 0 Å². The van der Waals surface area contributed by atoms with E-state index in [1.54, 1.807) is 30.3 Å². The van der Waals surface area contributed by atoms with Crippen molar-refractivity contribution in [3.8, 4) is 23.0 Å². The van der Waals surface area contributed by atoms with E-state index in [9.17, 15) is 27.9 Å². The summed E-state index contributed by atoms with van der Waals surface area (Å²) >= 11 is 0. The average molecular weight is 402 g/mol. The molecule has 2 aromatic rings. The Hall–Kier alpha value is -3.31. The summed E-state index contributed by atoms with van der Waals surface area (Å²) in [7, 11) is 0. The maximum absolute atomic E-state index is 13.5. The number of primary amides is 1. The third kappa shape index (κ3) is 4.58. The van der Waals surface area contributed by atoms with Crippen LogP contribution in [0.3, 0.4) is 0 Å². The topological polar surface area (TPSA) is 83.6 Å². The zero-order chi connectivity index (χ0) is 21.2. The van der Waals surface area contributed by atoms with Crippen LogP contribution in [0.4, 0.5) is 13.2 Å². The van der Waals surface area contributed by atoms with Gasteiger partial charge in [-0.3, -0.25) is 9.59 Å². The van der Waals surface area contributed by atoms with Crippen LogP contribution in [0.2, 0.25) is 0 Å². The van der Waals surface area contributed by atoms with Gasteiger partial charge in [-0.15, -0.1) is 0 Å². The first-order valence-corrected chi connectivity index (χ1v) is 8.73. The minimum atomic E-state index is -4.61. The molecule has 2 amide bonds. The Morgan fingerprint density at radius 3 is 2.45 bits per heavy atom. The number of likely N-dealkylation sites (tertiary alicyclic amines) is 1. The summed E-state index contributed by atoms with van der Waals surface area (Å²) in [6, 6.07) is 10.7. The summed E-state index contributed by atoms with van der Waals surface area (Å²) in [6.07, 6.45) is -5.50. The summed E-state index contributed by atoms with van der Waals surface area (Å²) in [5.41, 5.74) is 4.77. The molecule has 1 aliphatic heterocycles. The first kappa shape index (κ1) is 20.4. The molecule has 0 unspecified atom stereocenters. The van der Waals surface area contributed by atoms with E-state index in [0.717, 1.165) is 11.0 Å². The Kier molecular flexibility index (Phi) is 5.62. The zero-order valence-electron chi connectivity index (χ0n) is 15.1. The van der Waals surface area contributed by atoms with Crippen LogP contribution in [0.25, 0.3) is 11.1 Å².